The number of rotatable bonds is 4. The molecule has 0 atom stereocenters. The molecule has 0 spiro atoms. The van der Waals surface area contributed by atoms with Gasteiger partial charge in [0.1, 0.15) is 10.7 Å². The molecule has 1 aliphatic heterocycles. The normalized spacial score (nSPS) is 19.1. The Labute approximate surface area is 99.7 Å². The zero-order valence-corrected chi connectivity index (χ0v) is 10.4. The van der Waals surface area contributed by atoms with Crippen molar-refractivity contribution in [3.63, 3.8) is 0 Å². The Morgan fingerprint density at radius 3 is 2.81 bits per heavy atom. The molecule has 1 aliphatic rings. The molecule has 1 saturated heterocycles. The molecule has 6 heteroatoms. The van der Waals surface area contributed by atoms with Gasteiger partial charge in [-0.05, 0) is 19.8 Å². The Balaban J connectivity index is 1.79. The van der Waals surface area contributed by atoms with E-state index in [0.717, 1.165) is 49.8 Å². The summed E-state index contributed by atoms with van der Waals surface area (Å²) in [5.41, 5.74) is 6.69. The number of aromatic nitrogens is 2. The summed E-state index contributed by atoms with van der Waals surface area (Å²) in [6, 6.07) is 0. The van der Waals surface area contributed by atoms with Crippen LogP contribution in [0.25, 0.3) is 0 Å². The van der Waals surface area contributed by atoms with Gasteiger partial charge in [0.15, 0.2) is 0 Å². The number of nitrogens with two attached hydrogens (primary N) is 1. The molecule has 0 aliphatic carbocycles. The van der Waals surface area contributed by atoms with Crippen LogP contribution in [0.3, 0.4) is 0 Å². The Morgan fingerprint density at radius 1 is 1.50 bits per heavy atom. The second kappa shape index (κ2) is 5.56. The number of anilines is 1. The molecule has 1 fully saturated rings. The van der Waals surface area contributed by atoms with E-state index < -0.39 is 0 Å². The van der Waals surface area contributed by atoms with Crippen LogP contribution >= 0.6 is 11.5 Å². The summed E-state index contributed by atoms with van der Waals surface area (Å²) in [4.78, 5) is 2.36. The highest BCUT2D eigenvalue weighted by atomic mass is 32.1. The molecule has 2 rings (SSSR count). The van der Waals surface area contributed by atoms with Crippen LogP contribution in [0.4, 0.5) is 5.00 Å². The second-order valence-corrected chi connectivity index (χ2v) is 4.80. The lowest BCUT2D eigenvalue weighted by Gasteiger charge is -2.31. The van der Waals surface area contributed by atoms with E-state index in [1.807, 2.05) is 6.92 Å². The first-order valence-electron chi connectivity index (χ1n) is 5.70. The third-order valence-electron chi connectivity index (χ3n) is 2.90. The first kappa shape index (κ1) is 11.8. The topological polar surface area (TPSA) is 64.3 Å². The first-order chi connectivity index (χ1) is 7.79. The number of likely N-dealkylation sites (tertiary alicyclic amines) is 1. The predicted molar refractivity (Wildman–Crippen MR) is 64.2 cm³/mol. The van der Waals surface area contributed by atoms with Gasteiger partial charge >= 0.3 is 0 Å². The molecular weight excluding hydrogens is 224 g/mol. The summed E-state index contributed by atoms with van der Waals surface area (Å²) in [5, 5.41) is 4.78. The molecule has 2 N–H and O–H groups in total. The van der Waals surface area contributed by atoms with Crippen LogP contribution in [0.15, 0.2) is 0 Å². The van der Waals surface area contributed by atoms with Crippen molar-refractivity contribution in [1.29, 1.82) is 0 Å². The quantitative estimate of drug-likeness (QED) is 0.857. The average molecular weight is 242 g/mol. The highest BCUT2D eigenvalue weighted by molar-refractivity contribution is 7.09. The van der Waals surface area contributed by atoms with Gasteiger partial charge in [-0.25, -0.2) is 0 Å². The van der Waals surface area contributed by atoms with E-state index >= 15 is 0 Å². The van der Waals surface area contributed by atoms with Crippen molar-refractivity contribution < 1.29 is 4.74 Å². The van der Waals surface area contributed by atoms with Crippen LogP contribution in [-0.4, -0.2) is 40.3 Å². The Morgan fingerprint density at radius 2 is 2.25 bits per heavy atom. The molecule has 2 heterocycles. The molecular formula is C10H18N4OS. The van der Waals surface area contributed by atoms with Crippen molar-refractivity contribution in [2.45, 2.75) is 32.4 Å². The Hall–Kier alpha value is -0.720. The van der Waals surface area contributed by atoms with Crippen LogP contribution in [0.2, 0.25) is 0 Å². The minimum Gasteiger partial charge on any atom is -0.388 e. The summed E-state index contributed by atoms with van der Waals surface area (Å²) < 4.78 is 9.46. The van der Waals surface area contributed by atoms with Gasteiger partial charge < -0.3 is 10.5 Å². The smallest absolute Gasteiger partial charge is 0.132 e. The molecule has 16 heavy (non-hydrogen) atoms. The first-order valence-corrected chi connectivity index (χ1v) is 6.47. The van der Waals surface area contributed by atoms with Crippen LogP contribution in [0.5, 0.6) is 0 Å². The molecule has 0 radical (unpaired) electrons. The fraction of sp³-hybridized carbons (Fsp3) is 0.800. The van der Waals surface area contributed by atoms with Crippen LogP contribution in [0.1, 0.15) is 25.5 Å². The molecule has 0 saturated carbocycles. The summed E-state index contributed by atoms with van der Waals surface area (Å²) in [5.74, 6) is 0. The van der Waals surface area contributed by atoms with Gasteiger partial charge in [0.05, 0.1) is 6.10 Å². The van der Waals surface area contributed by atoms with Crippen LogP contribution in [-0.2, 0) is 11.3 Å². The van der Waals surface area contributed by atoms with Gasteiger partial charge in [0, 0.05) is 37.8 Å². The number of piperidine rings is 1. The maximum absolute atomic E-state index is 5.77. The molecule has 5 nitrogen and oxygen atoms in total. The SMILES string of the molecule is CCOC1CCN(Cc2nnsc2N)CC1. The van der Waals surface area contributed by atoms with Crippen LogP contribution < -0.4 is 5.73 Å². The number of nitrogen functional groups attached to an aromatic ring is 1. The van der Waals surface area contributed by atoms with E-state index in [1.165, 1.54) is 11.5 Å². The van der Waals surface area contributed by atoms with E-state index in [0.29, 0.717) is 6.10 Å². The fourth-order valence-electron chi connectivity index (χ4n) is 2.01. The van der Waals surface area contributed by atoms with Crippen molar-refractivity contribution in [1.82, 2.24) is 14.5 Å². The molecule has 0 amide bonds. The van der Waals surface area contributed by atoms with Gasteiger partial charge in [0.25, 0.3) is 0 Å². The summed E-state index contributed by atoms with van der Waals surface area (Å²) in [7, 11) is 0. The fourth-order valence-corrected chi connectivity index (χ4v) is 2.44. The van der Waals surface area contributed by atoms with E-state index in [4.69, 9.17) is 10.5 Å². The lowest BCUT2D eigenvalue weighted by atomic mass is 10.1. The largest absolute Gasteiger partial charge is 0.388 e. The van der Waals surface area contributed by atoms with Gasteiger partial charge in [-0.2, -0.15) is 0 Å². The maximum atomic E-state index is 5.77. The molecule has 1 aromatic rings. The number of ether oxygens (including phenoxy) is 1. The zero-order chi connectivity index (χ0) is 11.4. The summed E-state index contributed by atoms with van der Waals surface area (Å²) >= 11 is 1.27. The van der Waals surface area contributed by atoms with E-state index in [-0.39, 0.29) is 0 Å². The van der Waals surface area contributed by atoms with Crippen LogP contribution in [0, 0.1) is 0 Å². The number of nitrogens with zero attached hydrogens (tertiary/aromatic N) is 3. The van der Waals surface area contributed by atoms with E-state index in [9.17, 15) is 0 Å². The highest BCUT2D eigenvalue weighted by Gasteiger charge is 2.20. The third-order valence-corrected chi connectivity index (χ3v) is 3.49. The lowest BCUT2D eigenvalue weighted by Crippen LogP contribution is -2.36. The third kappa shape index (κ3) is 2.90. The maximum Gasteiger partial charge on any atom is 0.132 e. The molecule has 90 valence electrons. The van der Waals surface area contributed by atoms with Gasteiger partial charge in [-0.15, -0.1) is 5.10 Å². The van der Waals surface area contributed by atoms with E-state index in [1.54, 1.807) is 0 Å². The van der Waals surface area contributed by atoms with Gasteiger partial charge in [0.2, 0.25) is 0 Å². The summed E-state index contributed by atoms with van der Waals surface area (Å²) in [6.07, 6.45) is 2.64. The Kier molecular flexibility index (Phi) is 4.09. The lowest BCUT2D eigenvalue weighted by molar-refractivity contribution is 0.0123. The van der Waals surface area contributed by atoms with Gasteiger partial charge in [-0.3, -0.25) is 4.90 Å². The second-order valence-electron chi connectivity index (χ2n) is 4.01. The van der Waals surface area contributed by atoms with Crippen molar-refractivity contribution in [2.75, 3.05) is 25.4 Å². The molecule has 0 unspecified atom stereocenters. The molecule has 0 bridgehead atoms. The van der Waals surface area contributed by atoms with Gasteiger partial charge in [-0.1, -0.05) is 4.49 Å². The Bertz CT molecular complexity index is 322. The number of hydrogen-bond donors (Lipinski definition) is 1. The predicted octanol–water partition coefficient (Wildman–Crippen LogP) is 1.12. The van der Waals surface area contributed by atoms with Crippen molar-refractivity contribution in [3.8, 4) is 0 Å². The summed E-state index contributed by atoms with van der Waals surface area (Å²) in [6.45, 7) is 5.80. The minimum absolute atomic E-state index is 0.437. The van der Waals surface area contributed by atoms with Crippen molar-refractivity contribution in [2.24, 2.45) is 0 Å². The molecule has 1 aromatic heterocycles. The molecule has 0 aromatic carbocycles. The highest BCUT2D eigenvalue weighted by Crippen LogP contribution is 2.19. The minimum atomic E-state index is 0.437. The standard InChI is InChI=1S/C10H18N4OS/c1-2-15-8-3-5-14(6-4-8)7-9-10(11)16-13-12-9/h8H,2-7,11H2,1H3. The van der Waals surface area contributed by atoms with Crippen molar-refractivity contribution >= 4 is 16.5 Å². The average Bonchev–Trinajstić information content (AvgIpc) is 2.68. The van der Waals surface area contributed by atoms with E-state index in [2.05, 4.69) is 14.5 Å². The monoisotopic (exact) mass is 242 g/mol. The number of hydrogen-bond acceptors (Lipinski definition) is 6. The van der Waals surface area contributed by atoms with Crippen molar-refractivity contribution in [3.05, 3.63) is 5.69 Å². The zero-order valence-electron chi connectivity index (χ0n) is 9.56.